The van der Waals surface area contributed by atoms with Gasteiger partial charge in [-0.25, -0.2) is 4.99 Å². The number of nitrogens with zero attached hydrogens (tertiary/aromatic N) is 4. The summed E-state index contributed by atoms with van der Waals surface area (Å²) in [5.74, 6) is 1.13. The van der Waals surface area contributed by atoms with Crippen LogP contribution in [0.4, 0.5) is 17.1 Å². The minimum atomic E-state index is 1.04. The van der Waals surface area contributed by atoms with Gasteiger partial charge < -0.3 is 14.7 Å². The van der Waals surface area contributed by atoms with E-state index in [1.807, 2.05) is 0 Å². The predicted molar refractivity (Wildman–Crippen MR) is 104 cm³/mol. The molecular formula is C19H24N4S. The van der Waals surface area contributed by atoms with Gasteiger partial charge in [-0.05, 0) is 44.2 Å². The van der Waals surface area contributed by atoms with Gasteiger partial charge in [0, 0.05) is 44.0 Å². The van der Waals surface area contributed by atoms with E-state index < -0.39 is 0 Å². The Kier molecular flexibility index (Phi) is 3.85. The Morgan fingerprint density at radius 2 is 1.62 bits per heavy atom. The molecule has 5 heteroatoms. The summed E-state index contributed by atoms with van der Waals surface area (Å²) in [4.78, 5) is 12.3. The molecule has 4 rings (SSSR count). The van der Waals surface area contributed by atoms with Crippen molar-refractivity contribution >= 4 is 34.2 Å². The van der Waals surface area contributed by atoms with Crippen molar-refractivity contribution in [2.75, 3.05) is 45.2 Å². The smallest absolute Gasteiger partial charge is 0.139 e. The average molecular weight is 340 g/mol. The van der Waals surface area contributed by atoms with Crippen molar-refractivity contribution in [2.24, 2.45) is 4.99 Å². The minimum Gasteiger partial charge on any atom is -0.353 e. The molecule has 4 nitrogen and oxygen atoms in total. The third-order valence-electron chi connectivity index (χ3n) is 5.23. The van der Waals surface area contributed by atoms with E-state index in [1.165, 1.54) is 28.1 Å². The quantitative estimate of drug-likeness (QED) is 0.729. The summed E-state index contributed by atoms with van der Waals surface area (Å²) in [7, 11) is 4.35. The van der Waals surface area contributed by atoms with Crippen LogP contribution in [0, 0.1) is 13.8 Å². The molecule has 126 valence electrons. The molecule has 1 saturated heterocycles. The van der Waals surface area contributed by atoms with Gasteiger partial charge >= 0.3 is 0 Å². The number of aliphatic imine (C=N–C) groups is 1. The summed E-state index contributed by atoms with van der Waals surface area (Å²) in [5, 5.41) is 4.49. The largest absolute Gasteiger partial charge is 0.353 e. The topological polar surface area (TPSA) is 22.1 Å². The van der Waals surface area contributed by atoms with E-state index in [9.17, 15) is 0 Å². The summed E-state index contributed by atoms with van der Waals surface area (Å²) in [6, 6.07) is 4.50. The zero-order valence-electron chi connectivity index (χ0n) is 14.8. The molecular weight excluding hydrogens is 316 g/mol. The van der Waals surface area contributed by atoms with E-state index in [4.69, 9.17) is 4.99 Å². The predicted octanol–water partition coefficient (Wildman–Crippen LogP) is 3.77. The summed E-state index contributed by atoms with van der Waals surface area (Å²) in [5.41, 5.74) is 7.42. The standard InChI is InChI=1S/C19H24N4S/c1-13-9-16-17(10-14(13)2)22(4)18-12-24-11-15(18)19(20-16)23-7-5-21(3)6-8-23/h9-12H,5-8H2,1-4H3. The maximum atomic E-state index is 5.14. The second-order valence-corrected chi connectivity index (χ2v) is 7.62. The van der Waals surface area contributed by atoms with Crippen molar-refractivity contribution in [2.45, 2.75) is 13.8 Å². The van der Waals surface area contributed by atoms with E-state index in [2.05, 4.69) is 65.5 Å². The molecule has 0 bridgehead atoms. The first kappa shape index (κ1) is 15.7. The van der Waals surface area contributed by atoms with Crippen molar-refractivity contribution in [1.82, 2.24) is 9.80 Å². The molecule has 0 unspecified atom stereocenters. The molecule has 3 heterocycles. The number of aryl methyl sites for hydroxylation is 2. The number of benzene rings is 1. The highest BCUT2D eigenvalue weighted by Crippen LogP contribution is 2.41. The van der Waals surface area contributed by atoms with Gasteiger partial charge in [-0.15, -0.1) is 11.3 Å². The van der Waals surface area contributed by atoms with Crippen LogP contribution in [-0.2, 0) is 0 Å². The van der Waals surface area contributed by atoms with Crippen LogP contribution in [0.3, 0.4) is 0 Å². The highest BCUT2D eigenvalue weighted by Gasteiger charge is 2.27. The lowest BCUT2D eigenvalue weighted by atomic mass is 10.1. The highest BCUT2D eigenvalue weighted by atomic mass is 32.1. The molecule has 0 spiro atoms. The van der Waals surface area contributed by atoms with Crippen LogP contribution in [0.15, 0.2) is 27.9 Å². The van der Waals surface area contributed by atoms with Gasteiger partial charge in [-0.3, -0.25) is 0 Å². The molecule has 2 aliphatic heterocycles. The van der Waals surface area contributed by atoms with Crippen LogP contribution in [0.2, 0.25) is 0 Å². The molecule has 2 aromatic rings. The average Bonchev–Trinajstić information content (AvgIpc) is 3.01. The molecule has 1 fully saturated rings. The Morgan fingerprint density at radius 3 is 2.38 bits per heavy atom. The van der Waals surface area contributed by atoms with E-state index >= 15 is 0 Å². The number of piperazine rings is 1. The Labute approximate surface area is 148 Å². The number of rotatable bonds is 0. The molecule has 0 N–H and O–H groups in total. The van der Waals surface area contributed by atoms with Gasteiger partial charge in [-0.1, -0.05) is 0 Å². The fourth-order valence-corrected chi connectivity index (χ4v) is 4.27. The van der Waals surface area contributed by atoms with Crippen LogP contribution >= 0.6 is 11.3 Å². The van der Waals surface area contributed by atoms with Crippen molar-refractivity contribution in [3.05, 3.63) is 39.6 Å². The maximum absolute atomic E-state index is 5.14. The second kappa shape index (κ2) is 5.90. The Hall–Kier alpha value is -1.85. The molecule has 0 amide bonds. The maximum Gasteiger partial charge on any atom is 0.139 e. The third kappa shape index (κ3) is 2.52. The Bertz CT molecular complexity index is 800. The van der Waals surface area contributed by atoms with Crippen molar-refractivity contribution in [1.29, 1.82) is 0 Å². The fourth-order valence-electron chi connectivity index (χ4n) is 3.42. The number of fused-ring (bicyclic) bond motifs is 2. The summed E-state index contributed by atoms with van der Waals surface area (Å²) in [6.07, 6.45) is 0. The summed E-state index contributed by atoms with van der Waals surface area (Å²) >= 11 is 1.76. The van der Waals surface area contributed by atoms with Gasteiger partial charge in [0.05, 0.1) is 22.6 Å². The number of hydrogen-bond donors (Lipinski definition) is 0. The molecule has 0 radical (unpaired) electrons. The van der Waals surface area contributed by atoms with Crippen molar-refractivity contribution < 1.29 is 0 Å². The number of hydrogen-bond acceptors (Lipinski definition) is 5. The van der Waals surface area contributed by atoms with E-state index in [0.29, 0.717) is 0 Å². The van der Waals surface area contributed by atoms with Gasteiger partial charge in [0.25, 0.3) is 0 Å². The second-order valence-electron chi connectivity index (χ2n) is 6.88. The Morgan fingerprint density at radius 1 is 0.917 bits per heavy atom. The first-order chi connectivity index (χ1) is 11.5. The number of anilines is 2. The first-order valence-electron chi connectivity index (χ1n) is 8.48. The zero-order valence-corrected chi connectivity index (χ0v) is 15.7. The first-order valence-corrected chi connectivity index (χ1v) is 9.42. The number of likely N-dealkylation sites (N-methyl/N-ethyl adjacent to an activating group) is 1. The lowest BCUT2D eigenvalue weighted by Crippen LogP contribution is -2.47. The van der Waals surface area contributed by atoms with Crippen LogP contribution in [0.5, 0.6) is 0 Å². The van der Waals surface area contributed by atoms with Crippen LogP contribution in [0.25, 0.3) is 0 Å². The lowest BCUT2D eigenvalue weighted by Gasteiger charge is -2.34. The number of thiophene rings is 1. The van der Waals surface area contributed by atoms with Gasteiger partial charge in [0.1, 0.15) is 5.84 Å². The van der Waals surface area contributed by atoms with Gasteiger partial charge in [0.15, 0.2) is 0 Å². The summed E-state index contributed by atoms with van der Waals surface area (Å²) in [6.45, 7) is 8.60. The highest BCUT2D eigenvalue weighted by molar-refractivity contribution is 7.08. The fraction of sp³-hybridized carbons (Fsp3) is 0.421. The van der Waals surface area contributed by atoms with Crippen LogP contribution < -0.4 is 4.90 Å². The Balaban J connectivity index is 1.86. The molecule has 0 saturated carbocycles. The van der Waals surface area contributed by atoms with Gasteiger partial charge in [0.2, 0.25) is 0 Å². The van der Waals surface area contributed by atoms with Crippen LogP contribution in [0.1, 0.15) is 16.7 Å². The molecule has 24 heavy (non-hydrogen) atoms. The normalized spacial score (nSPS) is 18.1. The van der Waals surface area contributed by atoms with E-state index in [0.717, 1.165) is 37.7 Å². The van der Waals surface area contributed by atoms with E-state index in [-0.39, 0.29) is 0 Å². The molecule has 1 aromatic carbocycles. The lowest BCUT2D eigenvalue weighted by molar-refractivity contribution is 0.216. The molecule has 0 aliphatic carbocycles. The minimum absolute atomic E-state index is 1.04. The molecule has 1 aromatic heterocycles. The van der Waals surface area contributed by atoms with E-state index in [1.54, 1.807) is 11.3 Å². The SMILES string of the molecule is Cc1cc2c(cc1C)N(C)c1cscc1C(N1CCN(C)CC1)=N2. The summed E-state index contributed by atoms with van der Waals surface area (Å²) < 4.78 is 0. The molecule has 2 aliphatic rings. The third-order valence-corrected chi connectivity index (χ3v) is 5.96. The van der Waals surface area contributed by atoms with Gasteiger partial charge in [-0.2, -0.15) is 0 Å². The van der Waals surface area contributed by atoms with Crippen molar-refractivity contribution in [3.8, 4) is 0 Å². The van der Waals surface area contributed by atoms with Crippen molar-refractivity contribution in [3.63, 3.8) is 0 Å². The monoisotopic (exact) mass is 340 g/mol. The molecule has 0 atom stereocenters. The zero-order chi connectivity index (χ0) is 16.8. The van der Waals surface area contributed by atoms with Crippen LogP contribution in [-0.4, -0.2) is 55.9 Å². The number of amidine groups is 1.